The maximum absolute atomic E-state index is 13.4. The number of aromatic nitrogens is 3. The molecule has 2 aromatic heterocycles. The van der Waals surface area contributed by atoms with Crippen LogP contribution in [0.1, 0.15) is 24.0 Å². The standard InChI is InChI=1S/C31H33FN6O/c32-24-11-9-22(10-12-24)21-38-29-8-4-3-7-28(29)36-31(38)35-25-13-16-37(17-14-25)18-15-33-30(39)19-23-20-34-27-6-2-1-5-26(23)27/h1-12,20,25,34H,13-19,21H2,(H,33,39)(H,35,36). The summed E-state index contributed by atoms with van der Waals surface area (Å²) in [4.78, 5) is 23.0. The Balaban J connectivity index is 1.00. The fraction of sp³-hybridized carbons (Fsp3) is 0.290. The highest BCUT2D eigenvalue weighted by Crippen LogP contribution is 2.24. The highest BCUT2D eigenvalue weighted by Gasteiger charge is 2.21. The van der Waals surface area contributed by atoms with E-state index in [2.05, 4.69) is 31.2 Å². The van der Waals surface area contributed by atoms with Crippen molar-refractivity contribution in [3.8, 4) is 0 Å². The van der Waals surface area contributed by atoms with Crippen LogP contribution in [0.15, 0.2) is 79.0 Å². The van der Waals surface area contributed by atoms with E-state index in [1.807, 2.05) is 60.8 Å². The number of imidazole rings is 1. The van der Waals surface area contributed by atoms with Gasteiger partial charge in [-0.05, 0) is 54.3 Å². The van der Waals surface area contributed by atoms with Crippen LogP contribution in [-0.4, -0.2) is 57.6 Å². The number of anilines is 1. The maximum Gasteiger partial charge on any atom is 0.224 e. The average Bonchev–Trinajstić information content (AvgIpc) is 3.52. The van der Waals surface area contributed by atoms with Crippen LogP contribution in [0.2, 0.25) is 0 Å². The number of nitrogens with one attached hydrogen (secondary N) is 3. The van der Waals surface area contributed by atoms with Crippen molar-refractivity contribution in [2.24, 2.45) is 0 Å². The van der Waals surface area contributed by atoms with Gasteiger partial charge in [-0.25, -0.2) is 9.37 Å². The fourth-order valence-electron chi connectivity index (χ4n) is 5.47. The summed E-state index contributed by atoms with van der Waals surface area (Å²) < 4.78 is 15.6. The van der Waals surface area contributed by atoms with Crippen molar-refractivity contribution in [2.45, 2.75) is 31.8 Å². The Bertz CT molecular complexity index is 1570. The van der Waals surface area contributed by atoms with Crippen molar-refractivity contribution in [1.29, 1.82) is 0 Å². The van der Waals surface area contributed by atoms with Crippen LogP contribution in [0, 0.1) is 5.82 Å². The molecule has 8 heteroatoms. The van der Waals surface area contributed by atoms with Crippen molar-refractivity contribution in [1.82, 2.24) is 24.8 Å². The zero-order valence-corrected chi connectivity index (χ0v) is 21.9. The van der Waals surface area contributed by atoms with Crippen molar-refractivity contribution in [3.05, 3.63) is 95.9 Å². The summed E-state index contributed by atoms with van der Waals surface area (Å²) in [6, 6.07) is 23.2. The van der Waals surface area contributed by atoms with E-state index in [1.54, 1.807) is 0 Å². The molecule has 0 bridgehead atoms. The van der Waals surface area contributed by atoms with E-state index in [4.69, 9.17) is 4.98 Å². The van der Waals surface area contributed by atoms with Crippen LogP contribution >= 0.6 is 0 Å². The van der Waals surface area contributed by atoms with E-state index in [9.17, 15) is 9.18 Å². The first-order valence-electron chi connectivity index (χ1n) is 13.6. The molecule has 3 aromatic carbocycles. The first-order valence-corrected chi connectivity index (χ1v) is 13.6. The molecular weight excluding hydrogens is 491 g/mol. The average molecular weight is 525 g/mol. The molecule has 7 nitrogen and oxygen atoms in total. The number of rotatable bonds is 9. The lowest BCUT2D eigenvalue weighted by molar-refractivity contribution is -0.120. The Morgan fingerprint density at radius 3 is 2.62 bits per heavy atom. The summed E-state index contributed by atoms with van der Waals surface area (Å²) in [5.74, 6) is 0.674. The number of nitrogens with zero attached hydrogens (tertiary/aromatic N) is 3. The molecule has 1 fully saturated rings. The molecular formula is C31H33FN6O. The number of aromatic amines is 1. The van der Waals surface area contributed by atoms with Gasteiger partial charge in [-0.15, -0.1) is 0 Å². The van der Waals surface area contributed by atoms with Crippen molar-refractivity contribution >= 4 is 33.8 Å². The molecule has 1 aliphatic rings. The first-order chi connectivity index (χ1) is 19.1. The lowest BCUT2D eigenvalue weighted by Crippen LogP contribution is -2.43. The van der Waals surface area contributed by atoms with Crippen molar-refractivity contribution in [3.63, 3.8) is 0 Å². The third-order valence-corrected chi connectivity index (χ3v) is 7.61. The van der Waals surface area contributed by atoms with Gasteiger partial charge in [0.05, 0.1) is 24.0 Å². The molecule has 5 aromatic rings. The molecule has 1 amide bonds. The highest BCUT2D eigenvalue weighted by atomic mass is 19.1. The lowest BCUT2D eigenvalue weighted by Gasteiger charge is -2.32. The summed E-state index contributed by atoms with van der Waals surface area (Å²) in [5, 5.41) is 7.87. The molecule has 0 radical (unpaired) electrons. The Morgan fingerprint density at radius 1 is 1.00 bits per heavy atom. The minimum Gasteiger partial charge on any atom is -0.361 e. The highest BCUT2D eigenvalue weighted by molar-refractivity contribution is 5.88. The van der Waals surface area contributed by atoms with Gasteiger partial charge < -0.3 is 25.1 Å². The van der Waals surface area contributed by atoms with Gasteiger partial charge in [0.15, 0.2) is 0 Å². The first kappa shape index (κ1) is 25.1. The number of halogens is 1. The van der Waals surface area contributed by atoms with Crippen LogP contribution in [0.25, 0.3) is 21.9 Å². The Kier molecular flexibility index (Phi) is 7.27. The van der Waals surface area contributed by atoms with Gasteiger partial charge in [0.25, 0.3) is 0 Å². The molecule has 0 spiro atoms. The minimum absolute atomic E-state index is 0.0522. The van der Waals surface area contributed by atoms with Crippen LogP contribution < -0.4 is 10.6 Å². The van der Waals surface area contributed by atoms with E-state index < -0.39 is 0 Å². The maximum atomic E-state index is 13.4. The zero-order valence-electron chi connectivity index (χ0n) is 21.9. The molecule has 39 heavy (non-hydrogen) atoms. The topological polar surface area (TPSA) is 78.0 Å². The molecule has 3 N–H and O–H groups in total. The fourth-order valence-corrected chi connectivity index (χ4v) is 5.47. The molecule has 1 aliphatic heterocycles. The summed E-state index contributed by atoms with van der Waals surface area (Å²) in [6.45, 7) is 4.05. The number of piperidine rings is 1. The second-order valence-corrected chi connectivity index (χ2v) is 10.3. The third kappa shape index (κ3) is 5.81. The monoisotopic (exact) mass is 524 g/mol. The quantitative estimate of drug-likeness (QED) is 0.255. The Labute approximate surface area is 227 Å². The normalized spacial score (nSPS) is 14.7. The van der Waals surface area contributed by atoms with Crippen LogP contribution in [0.4, 0.5) is 10.3 Å². The summed E-state index contributed by atoms with van der Waals surface area (Å²) in [7, 11) is 0. The van der Waals surface area contributed by atoms with Crippen molar-refractivity contribution in [2.75, 3.05) is 31.5 Å². The number of fused-ring (bicyclic) bond motifs is 2. The number of H-pyrrole nitrogens is 1. The molecule has 200 valence electrons. The summed E-state index contributed by atoms with van der Waals surface area (Å²) >= 11 is 0. The number of likely N-dealkylation sites (tertiary alicyclic amines) is 1. The minimum atomic E-state index is -0.229. The number of hydrogen-bond acceptors (Lipinski definition) is 4. The number of carbonyl (C=O) groups is 1. The number of amides is 1. The van der Waals surface area contributed by atoms with Crippen LogP contribution in [0.3, 0.4) is 0 Å². The second kappa shape index (κ2) is 11.3. The van der Waals surface area contributed by atoms with E-state index in [0.717, 1.165) is 71.5 Å². The second-order valence-electron chi connectivity index (χ2n) is 10.3. The molecule has 0 unspecified atom stereocenters. The molecule has 1 saturated heterocycles. The number of hydrogen-bond donors (Lipinski definition) is 3. The van der Waals surface area contributed by atoms with E-state index in [0.29, 0.717) is 25.6 Å². The largest absolute Gasteiger partial charge is 0.361 e. The van der Waals surface area contributed by atoms with Gasteiger partial charge in [0.1, 0.15) is 5.82 Å². The van der Waals surface area contributed by atoms with E-state index >= 15 is 0 Å². The van der Waals surface area contributed by atoms with E-state index in [-0.39, 0.29) is 11.7 Å². The molecule has 6 rings (SSSR count). The predicted octanol–water partition coefficient (Wildman–Crippen LogP) is 4.94. The number of carbonyl (C=O) groups excluding carboxylic acids is 1. The van der Waals surface area contributed by atoms with Gasteiger partial charge in [0, 0.05) is 49.3 Å². The predicted molar refractivity (Wildman–Crippen MR) is 153 cm³/mol. The van der Waals surface area contributed by atoms with E-state index in [1.165, 1.54) is 12.1 Å². The zero-order chi connectivity index (χ0) is 26.6. The van der Waals surface area contributed by atoms with Gasteiger partial charge in [-0.3, -0.25) is 4.79 Å². The van der Waals surface area contributed by atoms with Gasteiger partial charge in [0.2, 0.25) is 11.9 Å². The number of para-hydroxylation sites is 3. The number of benzene rings is 3. The summed E-state index contributed by atoms with van der Waals surface area (Å²) in [6.07, 6.45) is 4.32. The van der Waals surface area contributed by atoms with Crippen molar-refractivity contribution < 1.29 is 9.18 Å². The summed E-state index contributed by atoms with van der Waals surface area (Å²) in [5.41, 5.74) is 5.13. The molecule has 0 aliphatic carbocycles. The van der Waals surface area contributed by atoms with Gasteiger partial charge >= 0.3 is 0 Å². The van der Waals surface area contributed by atoms with Gasteiger partial charge in [-0.2, -0.15) is 0 Å². The SMILES string of the molecule is O=C(Cc1c[nH]c2ccccc12)NCCN1CCC(Nc2nc3ccccc3n2Cc2ccc(F)cc2)CC1. The smallest absolute Gasteiger partial charge is 0.224 e. The van der Waals surface area contributed by atoms with Crippen LogP contribution in [0.5, 0.6) is 0 Å². The van der Waals surface area contributed by atoms with Gasteiger partial charge in [-0.1, -0.05) is 42.5 Å². The molecule has 0 atom stereocenters. The van der Waals surface area contributed by atoms with Crippen LogP contribution in [-0.2, 0) is 17.8 Å². The Hall–Kier alpha value is -4.17. The Morgan fingerprint density at radius 2 is 1.77 bits per heavy atom. The molecule has 0 saturated carbocycles. The third-order valence-electron chi connectivity index (χ3n) is 7.61. The lowest BCUT2D eigenvalue weighted by atomic mass is 10.1. The molecule has 3 heterocycles.